The summed E-state index contributed by atoms with van der Waals surface area (Å²) < 4.78 is 46.1. The maximum absolute atomic E-state index is 13.0. The van der Waals surface area contributed by atoms with Crippen molar-refractivity contribution in [3.8, 4) is 0 Å². The molecule has 1 rings (SSSR count). The van der Waals surface area contributed by atoms with Crippen molar-refractivity contribution in [3.63, 3.8) is 0 Å². The molecule has 3 nitrogen and oxygen atoms in total. The molecule has 0 amide bonds. The molecule has 0 atom stereocenters. The molecule has 0 heterocycles. The zero-order valence-corrected chi connectivity index (χ0v) is 9.89. The second-order valence-corrected chi connectivity index (χ2v) is 5.15. The lowest BCUT2D eigenvalue weighted by Crippen LogP contribution is -2.13. The highest BCUT2D eigenvalue weighted by molar-refractivity contribution is 7.86. The van der Waals surface area contributed by atoms with Gasteiger partial charge in [0, 0.05) is 19.8 Å². The van der Waals surface area contributed by atoms with E-state index in [9.17, 15) is 16.7 Å². The standard InChI is InChI=1S/C10H13F2NO2S/c1-13(2)10-4-3-9(11)7-8(10)5-6-16(12,14)15/h3-4,7H,5-6H2,1-2H3. The highest BCUT2D eigenvalue weighted by atomic mass is 32.3. The van der Waals surface area contributed by atoms with Gasteiger partial charge < -0.3 is 4.90 Å². The summed E-state index contributed by atoms with van der Waals surface area (Å²) in [6.45, 7) is 0. The van der Waals surface area contributed by atoms with E-state index in [2.05, 4.69) is 0 Å². The number of hydrogen-bond donors (Lipinski definition) is 0. The zero-order valence-electron chi connectivity index (χ0n) is 9.07. The van der Waals surface area contributed by atoms with Crippen molar-refractivity contribution in [1.82, 2.24) is 0 Å². The maximum atomic E-state index is 13.0. The molecule has 0 saturated heterocycles. The Labute approximate surface area is 93.9 Å². The Morgan fingerprint density at radius 1 is 1.31 bits per heavy atom. The predicted molar refractivity (Wildman–Crippen MR) is 59.3 cm³/mol. The van der Waals surface area contributed by atoms with Crippen LogP contribution in [-0.4, -0.2) is 28.3 Å². The molecule has 0 aliphatic rings. The number of halogens is 2. The highest BCUT2D eigenvalue weighted by Gasteiger charge is 2.11. The van der Waals surface area contributed by atoms with Crippen LogP contribution in [0.2, 0.25) is 0 Å². The number of nitrogens with zero attached hydrogens (tertiary/aromatic N) is 1. The molecule has 0 aliphatic carbocycles. The van der Waals surface area contributed by atoms with Crippen molar-refractivity contribution in [2.24, 2.45) is 0 Å². The van der Waals surface area contributed by atoms with E-state index in [0.29, 0.717) is 11.3 Å². The average molecular weight is 249 g/mol. The van der Waals surface area contributed by atoms with E-state index in [1.54, 1.807) is 19.0 Å². The third-order valence-electron chi connectivity index (χ3n) is 2.14. The maximum Gasteiger partial charge on any atom is 0.302 e. The SMILES string of the molecule is CN(C)c1ccc(F)cc1CCS(=O)(=O)F. The van der Waals surface area contributed by atoms with Gasteiger partial charge in [-0.05, 0) is 30.2 Å². The molecule has 0 bridgehead atoms. The van der Waals surface area contributed by atoms with Gasteiger partial charge in [-0.2, -0.15) is 8.42 Å². The molecule has 0 aromatic heterocycles. The van der Waals surface area contributed by atoms with E-state index in [-0.39, 0.29) is 6.42 Å². The minimum absolute atomic E-state index is 0.0376. The van der Waals surface area contributed by atoms with E-state index >= 15 is 0 Å². The summed E-state index contributed by atoms with van der Waals surface area (Å²) in [4.78, 5) is 1.72. The molecule has 0 aliphatic heterocycles. The zero-order chi connectivity index (χ0) is 12.3. The van der Waals surface area contributed by atoms with Crippen LogP contribution in [0.1, 0.15) is 5.56 Å². The molecular formula is C10H13F2NO2S. The number of aryl methyl sites for hydroxylation is 1. The fourth-order valence-corrected chi connectivity index (χ4v) is 1.89. The van der Waals surface area contributed by atoms with Crippen molar-refractivity contribution < 1.29 is 16.7 Å². The van der Waals surface area contributed by atoms with Crippen LogP contribution in [0, 0.1) is 5.82 Å². The second-order valence-electron chi connectivity index (χ2n) is 3.66. The third kappa shape index (κ3) is 3.77. The van der Waals surface area contributed by atoms with Gasteiger partial charge in [-0.1, -0.05) is 0 Å². The van der Waals surface area contributed by atoms with Crippen LogP contribution < -0.4 is 4.90 Å². The summed E-state index contributed by atoms with van der Waals surface area (Å²) in [7, 11) is -1.02. The molecule has 0 N–H and O–H groups in total. The molecular weight excluding hydrogens is 236 g/mol. The summed E-state index contributed by atoms with van der Waals surface area (Å²) in [5.74, 6) is -1.09. The normalized spacial score (nSPS) is 11.5. The van der Waals surface area contributed by atoms with Crippen LogP contribution >= 0.6 is 0 Å². The van der Waals surface area contributed by atoms with Gasteiger partial charge in [0.05, 0.1) is 5.75 Å². The summed E-state index contributed by atoms with van der Waals surface area (Å²) in [6, 6.07) is 4.04. The fourth-order valence-electron chi connectivity index (χ4n) is 1.42. The number of hydrogen-bond acceptors (Lipinski definition) is 3. The van der Waals surface area contributed by atoms with Crippen LogP contribution in [0.15, 0.2) is 18.2 Å². The Kier molecular flexibility index (Phi) is 3.85. The Morgan fingerprint density at radius 3 is 2.44 bits per heavy atom. The van der Waals surface area contributed by atoms with Gasteiger partial charge in [0.15, 0.2) is 0 Å². The van der Waals surface area contributed by atoms with Crippen LogP contribution in [0.4, 0.5) is 14.0 Å². The molecule has 0 fully saturated rings. The molecule has 0 radical (unpaired) electrons. The minimum atomic E-state index is -4.52. The fraction of sp³-hybridized carbons (Fsp3) is 0.400. The molecule has 16 heavy (non-hydrogen) atoms. The van der Waals surface area contributed by atoms with Gasteiger partial charge in [0.1, 0.15) is 5.82 Å². The monoisotopic (exact) mass is 249 g/mol. The number of benzene rings is 1. The smallest absolute Gasteiger partial charge is 0.302 e. The Hall–Kier alpha value is -1.17. The summed E-state index contributed by atoms with van der Waals surface area (Å²) in [6.07, 6.45) is -0.0376. The van der Waals surface area contributed by atoms with Gasteiger partial charge in [0.25, 0.3) is 0 Å². The largest absolute Gasteiger partial charge is 0.377 e. The van der Waals surface area contributed by atoms with Gasteiger partial charge in [-0.15, -0.1) is 3.89 Å². The van der Waals surface area contributed by atoms with E-state index in [1.807, 2.05) is 0 Å². The third-order valence-corrected chi connectivity index (χ3v) is 2.83. The summed E-state index contributed by atoms with van der Waals surface area (Å²) >= 11 is 0. The Morgan fingerprint density at radius 2 is 1.94 bits per heavy atom. The molecule has 90 valence electrons. The van der Waals surface area contributed by atoms with Gasteiger partial charge in [0.2, 0.25) is 0 Å². The van der Waals surface area contributed by atoms with E-state index in [0.717, 1.165) is 0 Å². The van der Waals surface area contributed by atoms with E-state index < -0.39 is 21.8 Å². The van der Waals surface area contributed by atoms with Crippen molar-refractivity contribution in [1.29, 1.82) is 0 Å². The van der Waals surface area contributed by atoms with Crippen molar-refractivity contribution in [2.45, 2.75) is 6.42 Å². The minimum Gasteiger partial charge on any atom is -0.377 e. The first-order valence-corrected chi connectivity index (χ1v) is 6.23. The lowest BCUT2D eigenvalue weighted by Gasteiger charge is -2.17. The van der Waals surface area contributed by atoms with Crippen LogP contribution in [0.5, 0.6) is 0 Å². The van der Waals surface area contributed by atoms with Gasteiger partial charge >= 0.3 is 10.2 Å². The van der Waals surface area contributed by atoms with Crippen LogP contribution in [-0.2, 0) is 16.6 Å². The molecule has 0 unspecified atom stereocenters. The predicted octanol–water partition coefficient (Wildman–Crippen LogP) is 1.73. The molecule has 0 saturated carbocycles. The first-order chi connectivity index (χ1) is 7.29. The molecule has 1 aromatic rings. The van der Waals surface area contributed by atoms with Crippen molar-refractivity contribution >= 4 is 15.9 Å². The molecule has 0 spiro atoms. The summed E-state index contributed by atoms with van der Waals surface area (Å²) in [5, 5.41) is 0. The average Bonchev–Trinajstić information content (AvgIpc) is 2.13. The Balaban J connectivity index is 2.97. The Bertz CT molecular complexity index is 472. The van der Waals surface area contributed by atoms with E-state index in [4.69, 9.17) is 0 Å². The first kappa shape index (κ1) is 12.9. The second kappa shape index (κ2) is 4.78. The van der Waals surface area contributed by atoms with Crippen molar-refractivity contribution in [3.05, 3.63) is 29.6 Å². The van der Waals surface area contributed by atoms with Crippen molar-refractivity contribution in [2.75, 3.05) is 24.7 Å². The molecule has 6 heteroatoms. The topological polar surface area (TPSA) is 37.4 Å². The van der Waals surface area contributed by atoms with Crippen LogP contribution in [0.3, 0.4) is 0 Å². The van der Waals surface area contributed by atoms with E-state index in [1.165, 1.54) is 18.2 Å². The highest BCUT2D eigenvalue weighted by Crippen LogP contribution is 2.20. The summed E-state index contributed by atoms with van der Waals surface area (Å²) in [5.41, 5.74) is 1.16. The van der Waals surface area contributed by atoms with Gasteiger partial charge in [-0.3, -0.25) is 0 Å². The number of rotatable bonds is 4. The van der Waals surface area contributed by atoms with Crippen LogP contribution in [0.25, 0.3) is 0 Å². The van der Waals surface area contributed by atoms with Gasteiger partial charge in [-0.25, -0.2) is 4.39 Å². The lowest BCUT2D eigenvalue weighted by atomic mass is 10.1. The first-order valence-electron chi connectivity index (χ1n) is 4.67. The lowest BCUT2D eigenvalue weighted by molar-refractivity contribution is 0.551. The molecule has 1 aromatic carbocycles. The number of anilines is 1. The quantitative estimate of drug-likeness (QED) is 0.763.